The Morgan fingerprint density at radius 2 is 2.35 bits per heavy atom. The fraction of sp³-hybridized carbons (Fsp3) is 0.667. The molecule has 0 spiro atoms. The molecule has 0 aromatic carbocycles. The minimum Gasteiger partial charge on any atom is -0.351 e. The Kier molecular flexibility index (Phi) is 4.56. The zero-order valence-corrected chi connectivity index (χ0v) is 12.3. The number of carbonyl (C=O) groups excluding carboxylic acids is 1. The Morgan fingerprint density at radius 1 is 1.59 bits per heavy atom. The number of nitrogens with one attached hydrogen (secondary N) is 1. The molecule has 1 aromatic heterocycles. The molecule has 1 heterocycles. The largest absolute Gasteiger partial charge is 0.351 e. The van der Waals surface area contributed by atoms with Gasteiger partial charge in [-0.15, -0.1) is 11.3 Å². The van der Waals surface area contributed by atoms with Crippen molar-refractivity contribution in [3.8, 4) is 0 Å². The molecule has 1 aliphatic rings. The van der Waals surface area contributed by atoms with Gasteiger partial charge in [-0.05, 0) is 25.7 Å². The molecule has 94 valence electrons. The number of aryl methyl sites for hydroxylation is 1. The van der Waals surface area contributed by atoms with E-state index < -0.39 is 0 Å². The van der Waals surface area contributed by atoms with Crippen molar-refractivity contribution in [1.29, 1.82) is 0 Å². The first kappa shape index (κ1) is 13.0. The van der Waals surface area contributed by atoms with Crippen molar-refractivity contribution in [3.63, 3.8) is 0 Å². The van der Waals surface area contributed by atoms with Crippen LogP contribution in [0.4, 0.5) is 0 Å². The molecule has 1 aromatic rings. The number of hydrogen-bond donors (Lipinski definition) is 1. The average molecular weight is 317 g/mol. The molecule has 5 heteroatoms. The fourth-order valence-electron chi connectivity index (χ4n) is 2.17. The predicted octanol–water partition coefficient (Wildman–Crippen LogP) is 3.14. The first-order chi connectivity index (χ1) is 8.16. The highest BCUT2D eigenvalue weighted by molar-refractivity contribution is 9.09. The molecule has 17 heavy (non-hydrogen) atoms. The fourth-order valence-corrected chi connectivity index (χ4v) is 3.64. The summed E-state index contributed by atoms with van der Waals surface area (Å²) in [6.45, 7) is 2.68. The van der Waals surface area contributed by atoms with Gasteiger partial charge in [-0.3, -0.25) is 4.79 Å². The second-order valence-corrected chi connectivity index (χ2v) is 6.93. The molecule has 1 N–H and O–H groups in total. The summed E-state index contributed by atoms with van der Waals surface area (Å²) in [5, 5.41) is 3.95. The van der Waals surface area contributed by atoms with Crippen LogP contribution in [0.3, 0.4) is 0 Å². The van der Waals surface area contributed by atoms with Crippen LogP contribution < -0.4 is 5.32 Å². The van der Waals surface area contributed by atoms with Crippen molar-refractivity contribution < 1.29 is 4.79 Å². The highest BCUT2D eigenvalue weighted by Gasteiger charge is 2.23. The summed E-state index contributed by atoms with van der Waals surface area (Å²) in [4.78, 5) is 17.2. The molecule has 1 fully saturated rings. The molecule has 2 unspecified atom stereocenters. The zero-order valence-electron chi connectivity index (χ0n) is 9.91. The Labute approximate surface area is 114 Å². The van der Waals surface area contributed by atoms with Crippen LogP contribution in [0.2, 0.25) is 0 Å². The minimum absolute atomic E-state index is 0.0147. The van der Waals surface area contributed by atoms with E-state index in [0.717, 1.165) is 11.6 Å². The highest BCUT2D eigenvalue weighted by Crippen LogP contribution is 2.29. The lowest BCUT2D eigenvalue weighted by molar-refractivity contribution is 0.0948. The van der Waals surface area contributed by atoms with Gasteiger partial charge in [0.05, 0.1) is 11.2 Å². The number of thiazole rings is 1. The Hall–Kier alpha value is -0.420. The van der Waals surface area contributed by atoms with Crippen LogP contribution in [0.15, 0.2) is 6.20 Å². The Bertz CT molecular complexity index is 394. The SMILES string of the molecule is Cc1ncc(C(=O)NCC2CCCCC2Br)s1. The Balaban J connectivity index is 1.83. The van der Waals surface area contributed by atoms with Crippen molar-refractivity contribution in [1.82, 2.24) is 10.3 Å². The van der Waals surface area contributed by atoms with E-state index in [0.29, 0.717) is 15.6 Å². The highest BCUT2D eigenvalue weighted by atomic mass is 79.9. The second kappa shape index (κ2) is 5.96. The van der Waals surface area contributed by atoms with Gasteiger partial charge in [0.15, 0.2) is 0 Å². The molecule has 0 radical (unpaired) electrons. The number of aromatic nitrogens is 1. The van der Waals surface area contributed by atoms with E-state index in [1.807, 2.05) is 6.92 Å². The van der Waals surface area contributed by atoms with E-state index in [1.165, 1.54) is 37.0 Å². The maximum absolute atomic E-state index is 11.9. The average Bonchev–Trinajstić information content (AvgIpc) is 2.74. The number of rotatable bonds is 3. The summed E-state index contributed by atoms with van der Waals surface area (Å²) in [5.41, 5.74) is 0. The van der Waals surface area contributed by atoms with Gasteiger partial charge in [0, 0.05) is 11.4 Å². The standard InChI is InChI=1S/C12H17BrN2OS/c1-8-14-7-11(17-8)12(16)15-6-9-4-2-3-5-10(9)13/h7,9-10H,2-6H2,1H3,(H,15,16). The van der Waals surface area contributed by atoms with Gasteiger partial charge in [-0.2, -0.15) is 0 Å². The summed E-state index contributed by atoms with van der Waals surface area (Å²) < 4.78 is 0. The molecule has 1 saturated carbocycles. The van der Waals surface area contributed by atoms with Crippen LogP contribution in [0.25, 0.3) is 0 Å². The molecule has 2 rings (SSSR count). The normalized spacial score (nSPS) is 24.6. The van der Waals surface area contributed by atoms with E-state index in [-0.39, 0.29) is 5.91 Å². The number of nitrogens with zero attached hydrogens (tertiary/aromatic N) is 1. The van der Waals surface area contributed by atoms with Crippen LogP contribution in [0, 0.1) is 12.8 Å². The smallest absolute Gasteiger partial charge is 0.263 e. The van der Waals surface area contributed by atoms with Gasteiger partial charge in [0.1, 0.15) is 4.88 Å². The van der Waals surface area contributed by atoms with E-state index >= 15 is 0 Å². The third-order valence-corrected chi connectivity index (χ3v) is 5.30. The maximum Gasteiger partial charge on any atom is 0.263 e. The molecule has 0 saturated heterocycles. The molecule has 0 aliphatic heterocycles. The van der Waals surface area contributed by atoms with Crippen molar-refractivity contribution in [2.24, 2.45) is 5.92 Å². The van der Waals surface area contributed by atoms with Crippen LogP contribution in [-0.2, 0) is 0 Å². The summed E-state index contributed by atoms with van der Waals surface area (Å²) in [5.74, 6) is 0.586. The first-order valence-electron chi connectivity index (χ1n) is 6.01. The van der Waals surface area contributed by atoms with Crippen LogP contribution in [0.1, 0.15) is 40.4 Å². The quantitative estimate of drug-likeness (QED) is 0.870. The molecule has 1 aliphatic carbocycles. The molecule has 3 nitrogen and oxygen atoms in total. The van der Waals surface area contributed by atoms with E-state index in [9.17, 15) is 4.79 Å². The lowest BCUT2D eigenvalue weighted by Crippen LogP contribution is -2.34. The van der Waals surface area contributed by atoms with Crippen LogP contribution >= 0.6 is 27.3 Å². The lowest BCUT2D eigenvalue weighted by Gasteiger charge is -2.27. The van der Waals surface area contributed by atoms with Crippen molar-refractivity contribution in [2.45, 2.75) is 37.4 Å². The monoisotopic (exact) mass is 316 g/mol. The lowest BCUT2D eigenvalue weighted by atomic mass is 9.89. The van der Waals surface area contributed by atoms with E-state index in [4.69, 9.17) is 0 Å². The van der Waals surface area contributed by atoms with Gasteiger partial charge in [-0.25, -0.2) is 4.98 Å². The van der Waals surface area contributed by atoms with Crippen molar-refractivity contribution in [3.05, 3.63) is 16.1 Å². The van der Waals surface area contributed by atoms with Crippen LogP contribution in [0.5, 0.6) is 0 Å². The number of alkyl halides is 1. The third-order valence-electron chi connectivity index (χ3n) is 3.19. The molecule has 2 atom stereocenters. The maximum atomic E-state index is 11.9. The van der Waals surface area contributed by atoms with Gasteiger partial charge in [0.25, 0.3) is 5.91 Å². The van der Waals surface area contributed by atoms with Gasteiger partial charge < -0.3 is 5.32 Å². The number of amides is 1. The van der Waals surface area contributed by atoms with Crippen molar-refractivity contribution in [2.75, 3.05) is 6.54 Å². The molecular weight excluding hydrogens is 300 g/mol. The molecule has 1 amide bonds. The second-order valence-electron chi connectivity index (χ2n) is 4.51. The van der Waals surface area contributed by atoms with Crippen molar-refractivity contribution >= 4 is 33.2 Å². The minimum atomic E-state index is 0.0147. The Morgan fingerprint density at radius 3 is 3.00 bits per heavy atom. The summed E-state index contributed by atoms with van der Waals surface area (Å²) in [6, 6.07) is 0. The van der Waals surface area contributed by atoms with Gasteiger partial charge in [-0.1, -0.05) is 28.8 Å². The third kappa shape index (κ3) is 3.52. The van der Waals surface area contributed by atoms with Gasteiger partial charge in [0.2, 0.25) is 0 Å². The predicted molar refractivity (Wildman–Crippen MR) is 73.9 cm³/mol. The number of halogens is 1. The first-order valence-corrected chi connectivity index (χ1v) is 7.74. The van der Waals surface area contributed by atoms with E-state index in [1.54, 1.807) is 6.20 Å². The molecule has 0 bridgehead atoms. The van der Waals surface area contributed by atoms with Crippen LogP contribution in [-0.4, -0.2) is 22.3 Å². The van der Waals surface area contributed by atoms with Gasteiger partial charge >= 0.3 is 0 Å². The topological polar surface area (TPSA) is 42.0 Å². The summed E-state index contributed by atoms with van der Waals surface area (Å²) >= 11 is 5.15. The summed E-state index contributed by atoms with van der Waals surface area (Å²) in [7, 11) is 0. The zero-order chi connectivity index (χ0) is 12.3. The number of hydrogen-bond acceptors (Lipinski definition) is 3. The number of carbonyl (C=O) groups is 1. The van der Waals surface area contributed by atoms with E-state index in [2.05, 4.69) is 26.2 Å². The summed E-state index contributed by atoms with van der Waals surface area (Å²) in [6.07, 6.45) is 6.66. The molecular formula is C12H17BrN2OS.